The first-order valence-corrected chi connectivity index (χ1v) is 3.40. The molecule has 0 saturated carbocycles. The van der Waals surface area contributed by atoms with Crippen LogP contribution in [-0.2, 0) is 9.53 Å². The van der Waals surface area contributed by atoms with Crippen LogP contribution in [0, 0.1) is 5.92 Å². The van der Waals surface area contributed by atoms with Crippen LogP contribution < -0.4 is 0 Å². The van der Waals surface area contributed by atoms with Crippen LogP contribution in [0.4, 0.5) is 0 Å². The topological polar surface area (TPSA) is 95.3 Å². The van der Waals surface area contributed by atoms with Gasteiger partial charge in [0, 0.05) is 4.91 Å². The van der Waals surface area contributed by atoms with Gasteiger partial charge in [0.05, 0.1) is 25.7 Å². The Morgan fingerprint density at radius 1 is 1.83 bits per heavy atom. The molecule has 0 aliphatic heterocycles. The van der Waals surface area contributed by atoms with Gasteiger partial charge in [-0.3, -0.25) is 4.79 Å². The second-order valence-electron chi connectivity index (χ2n) is 2.29. The smallest absolute Gasteiger partial charge is 0.311 e. The van der Waals surface area contributed by atoms with Crippen LogP contribution in [-0.4, -0.2) is 30.8 Å². The highest BCUT2D eigenvalue weighted by Gasteiger charge is 2.21. The number of hydrogen-bond acceptors (Lipinski definition) is 4. The van der Waals surface area contributed by atoms with E-state index in [1.807, 2.05) is 0 Å². The van der Waals surface area contributed by atoms with Gasteiger partial charge in [0.25, 0.3) is 0 Å². The molecule has 6 heteroatoms. The van der Waals surface area contributed by atoms with Crippen molar-refractivity contribution in [1.82, 2.24) is 0 Å². The molecule has 0 amide bonds. The quantitative estimate of drug-likeness (QED) is 0.289. The molecule has 12 heavy (non-hydrogen) atoms. The van der Waals surface area contributed by atoms with Crippen LogP contribution >= 0.6 is 0 Å². The van der Waals surface area contributed by atoms with Gasteiger partial charge in [0.1, 0.15) is 0 Å². The van der Waals surface area contributed by atoms with E-state index in [0.29, 0.717) is 0 Å². The number of carbonyl (C=O) groups is 1. The third-order valence-electron chi connectivity index (χ3n) is 1.48. The maximum atomic E-state index is 10.8. The Hall–Kier alpha value is -1.26. The molecular formula is C6H11N3O3. The Morgan fingerprint density at radius 2 is 2.42 bits per heavy atom. The molecule has 68 valence electrons. The van der Waals surface area contributed by atoms with Crippen molar-refractivity contribution in [2.75, 3.05) is 13.7 Å². The molecule has 0 saturated heterocycles. The minimum Gasteiger partial charge on any atom is -0.469 e. The predicted octanol–water partition coefficient (Wildman–Crippen LogP) is 0.467. The van der Waals surface area contributed by atoms with Gasteiger partial charge in [-0.15, -0.1) is 0 Å². The minimum atomic E-state index is -0.978. The molecule has 0 fully saturated rings. The lowest BCUT2D eigenvalue weighted by molar-refractivity contribution is -0.148. The third kappa shape index (κ3) is 3.23. The summed E-state index contributed by atoms with van der Waals surface area (Å²) in [6.45, 7) is 1.39. The summed E-state index contributed by atoms with van der Waals surface area (Å²) in [6.07, 6.45) is -0.978. The molecule has 0 heterocycles. The molecule has 0 rings (SSSR count). The highest BCUT2D eigenvalue weighted by molar-refractivity contribution is 5.72. The maximum Gasteiger partial charge on any atom is 0.311 e. The van der Waals surface area contributed by atoms with Crippen molar-refractivity contribution in [3.63, 3.8) is 0 Å². The van der Waals surface area contributed by atoms with E-state index in [9.17, 15) is 9.90 Å². The Bertz CT molecular complexity index is 200. The minimum absolute atomic E-state index is 0.118. The van der Waals surface area contributed by atoms with E-state index in [-0.39, 0.29) is 6.54 Å². The van der Waals surface area contributed by atoms with E-state index in [4.69, 9.17) is 5.53 Å². The average Bonchev–Trinajstić information content (AvgIpc) is 2.11. The molecular weight excluding hydrogens is 162 g/mol. The maximum absolute atomic E-state index is 10.8. The molecule has 6 nitrogen and oxygen atoms in total. The number of aliphatic hydroxyl groups is 1. The number of azide groups is 1. The largest absolute Gasteiger partial charge is 0.469 e. The number of carbonyl (C=O) groups excluding carboxylic acids is 1. The Labute approximate surface area is 69.8 Å². The molecule has 0 spiro atoms. The number of aliphatic hydroxyl groups excluding tert-OH is 1. The van der Waals surface area contributed by atoms with Gasteiger partial charge >= 0.3 is 5.97 Å². The van der Waals surface area contributed by atoms with E-state index in [1.165, 1.54) is 14.0 Å². The highest BCUT2D eigenvalue weighted by atomic mass is 16.5. The second kappa shape index (κ2) is 5.40. The molecule has 0 radical (unpaired) electrons. The van der Waals surface area contributed by atoms with Crippen molar-refractivity contribution in [1.29, 1.82) is 0 Å². The van der Waals surface area contributed by atoms with Gasteiger partial charge in [-0.05, 0) is 12.5 Å². The van der Waals surface area contributed by atoms with Gasteiger partial charge in [-0.25, -0.2) is 0 Å². The Kier molecular flexibility index (Phi) is 4.83. The molecule has 2 atom stereocenters. The van der Waals surface area contributed by atoms with Crippen molar-refractivity contribution in [2.24, 2.45) is 11.0 Å². The lowest BCUT2D eigenvalue weighted by Gasteiger charge is -2.13. The molecule has 0 aliphatic carbocycles. The van der Waals surface area contributed by atoms with Crippen LogP contribution in [0.5, 0.6) is 0 Å². The van der Waals surface area contributed by atoms with Gasteiger partial charge < -0.3 is 9.84 Å². The molecule has 1 N–H and O–H groups in total. The number of nitrogens with zero attached hydrogens (tertiary/aromatic N) is 3. The van der Waals surface area contributed by atoms with Gasteiger partial charge in [0.2, 0.25) is 0 Å². The number of esters is 1. The molecule has 0 aromatic rings. The Balaban J connectivity index is 3.99. The second-order valence-corrected chi connectivity index (χ2v) is 2.29. The zero-order valence-electron chi connectivity index (χ0n) is 6.97. The summed E-state index contributed by atoms with van der Waals surface area (Å²) in [5.74, 6) is -1.18. The summed E-state index contributed by atoms with van der Waals surface area (Å²) in [5.41, 5.74) is 7.92. The van der Waals surface area contributed by atoms with Crippen LogP contribution in [0.2, 0.25) is 0 Å². The lowest BCUT2D eigenvalue weighted by atomic mass is 10.1. The van der Waals surface area contributed by atoms with Crippen LogP contribution in [0.1, 0.15) is 6.92 Å². The fourth-order valence-corrected chi connectivity index (χ4v) is 0.621. The van der Waals surface area contributed by atoms with Crippen molar-refractivity contribution < 1.29 is 14.6 Å². The molecule has 0 unspecified atom stereocenters. The van der Waals surface area contributed by atoms with Gasteiger partial charge in [0.15, 0.2) is 0 Å². The fraction of sp³-hybridized carbons (Fsp3) is 0.833. The molecule has 0 bridgehead atoms. The summed E-state index contributed by atoms with van der Waals surface area (Å²) in [5, 5.41) is 12.3. The van der Waals surface area contributed by atoms with E-state index >= 15 is 0 Å². The fourth-order valence-electron chi connectivity index (χ4n) is 0.621. The van der Waals surface area contributed by atoms with E-state index in [0.717, 1.165) is 0 Å². The van der Waals surface area contributed by atoms with Gasteiger partial charge in [-0.2, -0.15) is 0 Å². The highest BCUT2D eigenvalue weighted by Crippen LogP contribution is 2.05. The monoisotopic (exact) mass is 173 g/mol. The van der Waals surface area contributed by atoms with Crippen LogP contribution in [0.15, 0.2) is 5.11 Å². The number of hydrogen-bond donors (Lipinski definition) is 1. The summed E-state index contributed by atoms with van der Waals surface area (Å²) in [4.78, 5) is 13.3. The van der Waals surface area contributed by atoms with Crippen molar-refractivity contribution in [3.05, 3.63) is 10.4 Å². The SMILES string of the molecule is COC(=O)[C@@H](C)[C@@H](O)CN=[N+]=[N-]. The first-order chi connectivity index (χ1) is 5.63. The lowest BCUT2D eigenvalue weighted by Crippen LogP contribution is -2.28. The van der Waals surface area contributed by atoms with Crippen LogP contribution in [0.3, 0.4) is 0 Å². The van der Waals surface area contributed by atoms with E-state index < -0.39 is 18.0 Å². The van der Waals surface area contributed by atoms with Crippen molar-refractivity contribution >= 4 is 5.97 Å². The van der Waals surface area contributed by atoms with E-state index in [1.54, 1.807) is 0 Å². The Morgan fingerprint density at radius 3 is 2.83 bits per heavy atom. The van der Waals surface area contributed by atoms with Gasteiger partial charge in [-0.1, -0.05) is 5.11 Å². The zero-order chi connectivity index (χ0) is 9.56. The van der Waals surface area contributed by atoms with Crippen LogP contribution in [0.25, 0.3) is 10.4 Å². The molecule has 0 aromatic heterocycles. The molecule has 0 aliphatic rings. The first-order valence-electron chi connectivity index (χ1n) is 3.40. The predicted molar refractivity (Wildman–Crippen MR) is 41.2 cm³/mol. The summed E-state index contributed by atoms with van der Waals surface area (Å²) in [7, 11) is 1.24. The number of methoxy groups -OCH3 is 1. The first kappa shape index (κ1) is 10.7. The molecule has 0 aromatic carbocycles. The standard InChI is InChI=1S/C6H11N3O3/c1-4(6(11)12-2)5(10)3-8-9-7/h4-5,10H,3H2,1-2H3/t4-,5-/m0/s1. The number of rotatable bonds is 4. The summed E-state index contributed by atoms with van der Waals surface area (Å²) >= 11 is 0. The van der Waals surface area contributed by atoms with Crippen molar-refractivity contribution in [2.45, 2.75) is 13.0 Å². The average molecular weight is 173 g/mol. The van der Waals surface area contributed by atoms with E-state index in [2.05, 4.69) is 14.8 Å². The number of ether oxygens (including phenoxy) is 1. The summed E-state index contributed by atoms with van der Waals surface area (Å²) in [6, 6.07) is 0. The van der Waals surface area contributed by atoms with Crippen molar-refractivity contribution in [3.8, 4) is 0 Å². The normalized spacial score (nSPS) is 14.2. The zero-order valence-corrected chi connectivity index (χ0v) is 6.97. The third-order valence-corrected chi connectivity index (χ3v) is 1.48. The summed E-state index contributed by atoms with van der Waals surface area (Å²) < 4.78 is 4.38.